The average Bonchev–Trinajstić information content (AvgIpc) is 3.57. The molecule has 0 radical (unpaired) electrons. The summed E-state index contributed by atoms with van der Waals surface area (Å²) in [5.41, 5.74) is 4.36. The highest BCUT2D eigenvalue weighted by molar-refractivity contribution is 7.14. The summed E-state index contributed by atoms with van der Waals surface area (Å²) >= 11 is 1.55. The van der Waals surface area contributed by atoms with Gasteiger partial charge in [-0.15, -0.1) is 11.3 Å². The maximum atomic E-state index is 14.1. The van der Waals surface area contributed by atoms with E-state index in [1.54, 1.807) is 11.3 Å². The van der Waals surface area contributed by atoms with Crippen molar-refractivity contribution in [3.8, 4) is 0 Å². The molecule has 1 aromatic heterocycles. The average molecular weight is 626 g/mol. The SMILES string of the molecule is CC1=CCCC2(C)C(CCC2(O)CN2CCC(Cc3ccccc3)CC2)c2ccc(cc2C(=O)c2ccc(C)s2)CC(O)CC1. The number of aryl methyl sites for hydroxylation is 1. The van der Waals surface area contributed by atoms with Crippen LogP contribution in [-0.4, -0.2) is 52.2 Å². The highest BCUT2D eigenvalue weighted by Crippen LogP contribution is 2.59. The largest absolute Gasteiger partial charge is 0.393 e. The van der Waals surface area contributed by atoms with Gasteiger partial charge in [-0.25, -0.2) is 0 Å². The number of carbonyl (C=O) groups is 1. The van der Waals surface area contributed by atoms with Gasteiger partial charge in [-0.3, -0.25) is 4.79 Å². The fourth-order valence-electron chi connectivity index (χ4n) is 8.55. The molecule has 2 fully saturated rings. The minimum atomic E-state index is -0.836. The number of aliphatic hydroxyl groups is 2. The molecule has 4 atom stereocenters. The van der Waals surface area contributed by atoms with Gasteiger partial charge in [0, 0.05) is 22.4 Å². The van der Waals surface area contributed by atoms with Gasteiger partial charge >= 0.3 is 0 Å². The summed E-state index contributed by atoms with van der Waals surface area (Å²) in [6.07, 6.45) is 10.8. The van der Waals surface area contributed by atoms with Crippen molar-refractivity contribution in [2.75, 3.05) is 19.6 Å². The molecular formula is C40H51NO3S. The monoisotopic (exact) mass is 625 g/mol. The van der Waals surface area contributed by atoms with Crippen LogP contribution in [0.15, 0.2) is 72.3 Å². The third-order valence-corrected chi connectivity index (χ3v) is 12.4. The fraction of sp³-hybridized carbons (Fsp3) is 0.525. The number of aliphatic hydroxyl groups excluding tert-OH is 1. The van der Waals surface area contributed by atoms with Crippen LogP contribution in [0.25, 0.3) is 0 Å². The molecule has 4 unspecified atom stereocenters. The van der Waals surface area contributed by atoms with Crippen molar-refractivity contribution >= 4 is 17.1 Å². The molecule has 240 valence electrons. The van der Waals surface area contributed by atoms with E-state index in [4.69, 9.17) is 0 Å². The van der Waals surface area contributed by atoms with Gasteiger partial charge in [0.05, 0.1) is 16.6 Å². The Balaban J connectivity index is 1.29. The summed E-state index contributed by atoms with van der Waals surface area (Å²) in [4.78, 5) is 18.5. The van der Waals surface area contributed by atoms with Gasteiger partial charge in [-0.2, -0.15) is 0 Å². The highest BCUT2D eigenvalue weighted by Gasteiger charge is 2.57. The van der Waals surface area contributed by atoms with E-state index >= 15 is 0 Å². The van der Waals surface area contributed by atoms with Crippen molar-refractivity contribution in [1.82, 2.24) is 4.90 Å². The van der Waals surface area contributed by atoms with Crippen LogP contribution in [0.3, 0.4) is 0 Å². The normalized spacial score (nSPS) is 28.4. The maximum Gasteiger partial charge on any atom is 0.203 e. The van der Waals surface area contributed by atoms with E-state index in [0.717, 1.165) is 78.1 Å². The quantitative estimate of drug-likeness (QED) is 0.214. The third kappa shape index (κ3) is 7.07. The van der Waals surface area contributed by atoms with Gasteiger partial charge < -0.3 is 15.1 Å². The second kappa shape index (κ2) is 13.7. The number of likely N-dealkylation sites (tertiary alicyclic amines) is 1. The van der Waals surface area contributed by atoms with Gasteiger partial charge in [0.15, 0.2) is 0 Å². The molecule has 5 heteroatoms. The Labute approximate surface area is 274 Å². The lowest BCUT2D eigenvalue weighted by molar-refractivity contribution is -0.0873. The van der Waals surface area contributed by atoms with Crippen LogP contribution in [0.1, 0.15) is 108 Å². The highest BCUT2D eigenvalue weighted by atomic mass is 32.1. The summed E-state index contributed by atoms with van der Waals surface area (Å²) < 4.78 is 0. The second-order valence-electron chi connectivity index (χ2n) is 14.6. The number of fused-ring (bicyclic) bond motifs is 8. The van der Waals surface area contributed by atoms with Crippen molar-refractivity contribution in [1.29, 1.82) is 0 Å². The molecule has 1 saturated heterocycles. The Hall–Kier alpha value is -2.57. The third-order valence-electron chi connectivity index (χ3n) is 11.4. The Kier molecular flexibility index (Phi) is 9.82. The van der Waals surface area contributed by atoms with E-state index in [1.165, 1.54) is 24.0 Å². The molecule has 2 heterocycles. The van der Waals surface area contributed by atoms with E-state index in [-0.39, 0.29) is 17.1 Å². The van der Waals surface area contributed by atoms with Crippen molar-refractivity contribution in [3.05, 3.63) is 104 Å². The lowest BCUT2D eigenvalue weighted by Gasteiger charge is -2.47. The zero-order valence-corrected chi connectivity index (χ0v) is 28.2. The first kappa shape index (κ1) is 32.4. The first-order valence-electron chi connectivity index (χ1n) is 17.2. The standard InChI is InChI=1S/C40H51NO3S/c1-28-8-7-20-39(3)36(17-21-40(39,44)27-41-22-18-31(19-23-41)24-30-9-5-4-6-10-30)34-15-13-32(25-33(42)14-11-28)26-35(34)38(43)37-16-12-29(2)45-37/h4-6,8-10,12-13,15-16,26,31,33,36,42,44H,7,11,14,17-25,27H2,1-3H3. The second-order valence-corrected chi connectivity index (χ2v) is 15.9. The topological polar surface area (TPSA) is 60.8 Å². The number of piperidine rings is 1. The van der Waals surface area contributed by atoms with Gasteiger partial charge in [0.1, 0.15) is 0 Å². The van der Waals surface area contributed by atoms with E-state index in [2.05, 4.69) is 73.4 Å². The lowest BCUT2D eigenvalue weighted by Crippen LogP contribution is -2.53. The molecule has 2 aromatic carbocycles. The smallest absolute Gasteiger partial charge is 0.203 e. The number of nitrogens with zero attached hydrogens (tertiary/aromatic N) is 1. The number of carbonyl (C=O) groups excluding carboxylic acids is 1. The van der Waals surface area contributed by atoms with Crippen molar-refractivity contribution in [2.24, 2.45) is 11.3 Å². The summed E-state index contributed by atoms with van der Waals surface area (Å²) in [5.74, 6) is 0.841. The fourth-order valence-corrected chi connectivity index (χ4v) is 9.37. The lowest BCUT2D eigenvalue weighted by atomic mass is 9.64. The molecule has 0 amide bonds. The minimum absolute atomic E-state index is 0.0700. The van der Waals surface area contributed by atoms with Gasteiger partial charge in [0.25, 0.3) is 0 Å². The molecule has 3 aromatic rings. The molecule has 4 aliphatic rings. The number of hydrogen-bond donors (Lipinski definition) is 2. The summed E-state index contributed by atoms with van der Waals surface area (Å²) in [7, 11) is 0. The van der Waals surface area contributed by atoms with Crippen LogP contribution >= 0.6 is 11.3 Å². The van der Waals surface area contributed by atoms with E-state index < -0.39 is 11.7 Å². The first-order valence-corrected chi connectivity index (χ1v) is 18.0. The molecule has 45 heavy (non-hydrogen) atoms. The van der Waals surface area contributed by atoms with Gasteiger partial charge in [-0.05, 0) is 138 Å². The zero-order chi connectivity index (χ0) is 31.6. The van der Waals surface area contributed by atoms with Crippen molar-refractivity contribution in [2.45, 2.75) is 103 Å². The minimum Gasteiger partial charge on any atom is -0.393 e. The van der Waals surface area contributed by atoms with Crippen LogP contribution in [-0.2, 0) is 12.8 Å². The first-order chi connectivity index (χ1) is 21.6. The van der Waals surface area contributed by atoms with Crippen LogP contribution in [0.2, 0.25) is 0 Å². The van der Waals surface area contributed by atoms with Crippen LogP contribution < -0.4 is 0 Å². The Morgan fingerprint density at radius 1 is 0.978 bits per heavy atom. The van der Waals surface area contributed by atoms with Crippen LogP contribution in [0.5, 0.6) is 0 Å². The Morgan fingerprint density at radius 2 is 1.76 bits per heavy atom. The number of β-amino-alcohol motifs (C(OH)–C–C–N with tert-alkyl or cyclic N) is 1. The Morgan fingerprint density at radius 3 is 2.49 bits per heavy atom. The van der Waals surface area contributed by atoms with E-state index in [1.807, 2.05) is 19.1 Å². The molecule has 4 nitrogen and oxygen atoms in total. The zero-order valence-electron chi connectivity index (χ0n) is 27.4. The van der Waals surface area contributed by atoms with E-state index in [0.29, 0.717) is 25.3 Å². The number of allylic oxidation sites excluding steroid dienone is 2. The molecule has 2 N–H and O–H groups in total. The molecule has 3 aliphatic carbocycles. The van der Waals surface area contributed by atoms with E-state index in [9.17, 15) is 15.0 Å². The van der Waals surface area contributed by atoms with Gasteiger partial charge in [-0.1, -0.05) is 61.0 Å². The van der Waals surface area contributed by atoms with Crippen molar-refractivity contribution < 1.29 is 15.0 Å². The summed E-state index contributed by atoms with van der Waals surface area (Å²) in [6, 6.07) is 21.2. The molecule has 2 bridgehead atoms. The molecule has 7 rings (SSSR count). The number of ketones is 1. The predicted octanol–water partition coefficient (Wildman–Crippen LogP) is 8.28. The number of hydrogen-bond acceptors (Lipinski definition) is 5. The molecule has 1 saturated carbocycles. The molecule has 0 spiro atoms. The van der Waals surface area contributed by atoms with Gasteiger partial charge in [0.2, 0.25) is 5.78 Å². The molecule has 1 aliphatic heterocycles. The molecular weight excluding hydrogens is 575 g/mol. The predicted molar refractivity (Wildman–Crippen MR) is 185 cm³/mol. The number of benzene rings is 2. The number of rotatable bonds is 6. The Bertz CT molecular complexity index is 1500. The maximum absolute atomic E-state index is 14.1. The number of thiophene rings is 1. The van der Waals surface area contributed by atoms with Crippen molar-refractivity contribution in [3.63, 3.8) is 0 Å². The summed E-state index contributed by atoms with van der Waals surface area (Å²) in [5, 5.41) is 23.6. The van der Waals surface area contributed by atoms with Crippen LogP contribution in [0.4, 0.5) is 0 Å². The van der Waals surface area contributed by atoms with Crippen LogP contribution in [0, 0.1) is 18.3 Å². The summed E-state index contributed by atoms with van der Waals surface area (Å²) in [6.45, 7) is 9.27.